The summed E-state index contributed by atoms with van der Waals surface area (Å²) in [6, 6.07) is 20.8. The first-order valence-corrected chi connectivity index (χ1v) is 10.8. The van der Waals surface area contributed by atoms with E-state index >= 15 is 0 Å². The first-order chi connectivity index (χ1) is 16.4. The molecule has 0 radical (unpaired) electrons. The van der Waals surface area contributed by atoms with E-state index in [1.807, 2.05) is 24.3 Å². The van der Waals surface area contributed by atoms with Crippen LogP contribution in [-0.4, -0.2) is 12.1 Å². The van der Waals surface area contributed by atoms with Crippen molar-refractivity contribution in [2.45, 2.75) is 32.3 Å². The Morgan fingerprint density at radius 3 is 2.59 bits per heavy atom. The lowest BCUT2D eigenvalue weighted by atomic mass is 9.83. The largest absolute Gasteiger partial charge is 0.476 e. The van der Waals surface area contributed by atoms with Gasteiger partial charge in [0.15, 0.2) is 17.7 Å². The van der Waals surface area contributed by atoms with Gasteiger partial charge in [-0.1, -0.05) is 49.4 Å². The number of allylic oxidation sites excluding steroid dienone is 1. The molecule has 1 heterocycles. The second-order valence-electron chi connectivity index (χ2n) is 7.83. The highest BCUT2D eigenvalue weighted by molar-refractivity contribution is 5.77. The lowest BCUT2D eigenvalue weighted by Gasteiger charge is -2.27. The molecule has 0 saturated heterocycles. The fraction of sp³-hybridized carbons (Fsp3) is 0.185. The van der Waals surface area contributed by atoms with Gasteiger partial charge in [-0.2, -0.15) is 5.26 Å². The average Bonchev–Trinajstić information content (AvgIpc) is 2.84. The van der Waals surface area contributed by atoms with E-state index in [1.165, 1.54) is 36.8 Å². The summed E-state index contributed by atoms with van der Waals surface area (Å²) in [5, 5.41) is 9.72. The van der Waals surface area contributed by atoms with Crippen molar-refractivity contribution in [3.63, 3.8) is 0 Å². The van der Waals surface area contributed by atoms with Gasteiger partial charge in [0.05, 0.1) is 5.92 Å². The SMILES string of the molecule is CCc1ccc(C2C(C#N)=C(N)Oc3cc(OC(=O)C(C)Oc4ccccc4F)ccc32)cc1. The number of ether oxygens (including phenoxy) is 3. The number of carbonyl (C=O) groups excluding carboxylic acids is 1. The van der Waals surface area contributed by atoms with E-state index in [0.29, 0.717) is 11.3 Å². The van der Waals surface area contributed by atoms with Crippen LogP contribution >= 0.6 is 0 Å². The number of rotatable bonds is 6. The van der Waals surface area contributed by atoms with E-state index in [4.69, 9.17) is 19.9 Å². The average molecular weight is 458 g/mol. The van der Waals surface area contributed by atoms with E-state index in [2.05, 4.69) is 13.0 Å². The fourth-order valence-corrected chi connectivity index (χ4v) is 3.77. The van der Waals surface area contributed by atoms with Crippen molar-refractivity contribution in [2.24, 2.45) is 5.73 Å². The van der Waals surface area contributed by atoms with Gasteiger partial charge < -0.3 is 19.9 Å². The van der Waals surface area contributed by atoms with Gasteiger partial charge in [-0.3, -0.25) is 0 Å². The van der Waals surface area contributed by atoms with Gasteiger partial charge >= 0.3 is 5.97 Å². The van der Waals surface area contributed by atoms with E-state index in [1.54, 1.807) is 18.2 Å². The Balaban J connectivity index is 1.58. The number of nitrogens with two attached hydrogens (primary N) is 1. The van der Waals surface area contributed by atoms with Crippen LogP contribution in [0.5, 0.6) is 17.2 Å². The van der Waals surface area contributed by atoms with Crippen molar-refractivity contribution >= 4 is 5.97 Å². The first-order valence-electron chi connectivity index (χ1n) is 10.8. The molecular weight excluding hydrogens is 435 g/mol. The van der Waals surface area contributed by atoms with Gasteiger partial charge in [0.25, 0.3) is 0 Å². The van der Waals surface area contributed by atoms with Crippen LogP contribution in [0.4, 0.5) is 4.39 Å². The number of benzene rings is 3. The lowest BCUT2D eigenvalue weighted by molar-refractivity contribution is -0.141. The minimum atomic E-state index is -1.05. The van der Waals surface area contributed by atoms with E-state index in [9.17, 15) is 14.4 Å². The van der Waals surface area contributed by atoms with Gasteiger partial charge in [-0.05, 0) is 42.7 Å². The second kappa shape index (κ2) is 9.67. The van der Waals surface area contributed by atoms with Crippen molar-refractivity contribution in [2.75, 3.05) is 0 Å². The standard InChI is InChI=1S/C27H23FN2O4/c1-3-17-8-10-18(11-9-17)25-20-13-12-19(14-24(20)34-26(30)21(25)15-29)33-27(31)16(2)32-23-7-5-4-6-22(23)28/h4-14,16,25H,3,30H2,1-2H3. The molecule has 4 rings (SSSR count). The number of esters is 1. The molecule has 1 aliphatic heterocycles. The molecule has 0 fully saturated rings. The van der Waals surface area contributed by atoms with Crippen molar-refractivity contribution in [1.29, 1.82) is 5.26 Å². The predicted octanol–water partition coefficient (Wildman–Crippen LogP) is 4.98. The van der Waals surface area contributed by atoms with Crippen LogP contribution in [-0.2, 0) is 11.2 Å². The van der Waals surface area contributed by atoms with Crippen molar-refractivity contribution in [3.05, 3.63) is 101 Å². The molecule has 0 aliphatic carbocycles. The number of para-hydroxylation sites is 1. The number of carbonyl (C=O) groups is 1. The molecule has 34 heavy (non-hydrogen) atoms. The fourth-order valence-electron chi connectivity index (χ4n) is 3.77. The van der Waals surface area contributed by atoms with Crippen molar-refractivity contribution in [1.82, 2.24) is 0 Å². The van der Waals surface area contributed by atoms with E-state index < -0.39 is 23.8 Å². The summed E-state index contributed by atoms with van der Waals surface area (Å²) < 4.78 is 30.3. The van der Waals surface area contributed by atoms with Gasteiger partial charge in [0, 0.05) is 11.6 Å². The Labute approximate surface area is 197 Å². The van der Waals surface area contributed by atoms with Crippen molar-refractivity contribution < 1.29 is 23.4 Å². The first kappa shape index (κ1) is 22.9. The third-order valence-electron chi connectivity index (χ3n) is 5.60. The molecule has 3 aromatic rings. The summed E-state index contributed by atoms with van der Waals surface area (Å²) in [4.78, 5) is 12.5. The smallest absolute Gasteiger partial charge is 0.352 e. The second-order valence-corrected chi connectivity index (χ2v) is 7.83. The number of aryl methyl sites for hydroxylation is 1. The van der Waals surface area contributed by atoms with Crippen LogP contribution in [0.1, 0.15) is 36.5 Å². The monoisotopic (exact) mass is 458 g/mol. The molecule has 1 aliphatic rings. The number of halogens is 1. The van der Waals surface area contributed by atoms with Gasteiger partial charge in [-0.15, -0.1) is 0 Å². The van der Waals surface area contributed by atoms with E-state index in [-0.39, 0.29) is 17.4 Å². The predicted molar refractivity (Wildman–Crippen MR) is 124 cm³/mol. The van der Waals surface area contributed by atoms with Gasteiger partial charge in [0.2, 0.25) is 5.88 Å². The molecule has 0 amide bonds. The Bertz CT molecular complexity index is 1290. The van der Waals surface area contributed by atoms with Crippen LogP contribution in [0.3, 0.4) is 0 Å². The molecule has 6 nitrogen and oxygen atoms in total. The molecule has 2 N–H and O–H groups in total. The van der Waals surface area contributed by atoms with Crippen LogP contribution in [0.2, 0.25) is 0 Å². The maximum absolute atomic E-state index is 13.8. The molecule has 0 saturated carbocycles. The van der Waals surface area contributed by atoms with Crippen LogP contribution in [0.15, 0.2) is 78.2 Å². The highest BCUT2D eigenvalue weighted by atomic mass is 19.1. The molecule has 2 atom stereocenters. The molecule has 0 aromatic heterocycles. The number of hydrogen-bond acceptors (Lipinski definition) is 6. The Hall–Kier alpha value is -4.31. The number of hydrogen-bond donors (Lipinski definition) is 1. The zero-order valence-electron chi connectivity index (χ0n) is 18.7. The molecule has 0 spiro atoms. The third-order valence-corrected chi connectivity index (χ3v) is 5.60. The molecule has 3 aromatic carbocycles. The quantitative estimate of drug-likeness (QED) is 0.414. The molecule has 172 valence electrons. The molecular formula is C27H23FN2O4. The molecule has 0 bridgehead atoms. The van der Waals surface area contributed by atoms with Gasteiger partial charge in [-0.25, -0.2) is 9.18 Å². The number of nitriles is 1. The summed E-state index contributed by atoms with van der Waals surface area (Å²) in [7, 11) is 0. The highest BCUT2D eigenvalue weighted by Crippen LogP contribution is 2.43. The lowest BCUT2D eigenvalue weighted by Crippen LogP contribution is -2.29. The maximum atomic E-state index is 13.8. The molecule has 2 unspecified atom stereocenters. The Kier molecular flexibility index (Phi) is 6.51. The van der Waals surface area contributed by atoms with E-state index in [0.717, 1.165) is 17.5 Å². The summed E-state index contributed by atoms with van der Waals surface area (Å²) >= 11 is 0. The highest BCUT2D eigenvalue weighted by Gasteiger charge is 2.31. The van der Waals surface area contributed by atoms with Gasteiger partial charge in [0.1, 0.15) is 23.1 Å². The number of nitrogens with zero attached hydrogens (tertiary/aromatic N) is 1. The summed E-state index contributed by atoms with van der Waals surface area (Å²) in [5.41, 5.74) is 9.18. The minimum absolute atomic E-state index is 0.000649. The number of fused-ring (bicyclic) bond motifs is 1. The van der Waals surface area contributed by atoms with Crippen LogP contribution < -0.4 is 19.9 Å². The summed E-state index contributed by atoms with van der Waals surface area (Å²) in [6.07, 6.45) is -0.143. The summed E-state index contributed by atoms with van der Waals surface area (Å²) in [5.74, 6) is -1.13. The summed E-state index contributed by atoms with van der Waals surface area (Å²) in [6.45, 7) is 3.54. The molecule has 7 heteroatoms. The van der Waals surface area contributed by atoms with Crippen molar-refractivity contribution in [3.8, 4) is 23.3 Å². The van der Waals surface area contributed by atoms with Crippen LogP contribution in [0.25, 0.3) is 0 Å². The maximum Gasteiger partial charge on any atom is 0.352 e. The minimum Gasteiger partial charge on any atom is -0.476 e. The Morgan fingerprint density at radius 2 is 1.91 bits per heavy atom. The zero-order chi connectivity index (χ0) is 24.2. The third kappa shape index (κ3) is 4.57. The Morgan fingerprint density at radius 1 is 1.18 bits per heavy atom. The topological polar surface area (TPSA) is 94.6 Å². The van der Waals surface area contributed by atoms with Crippen LogP contribution in [0, 0.1) is 17.1 Å². The normalized spacial score (nSPS) is 15.5. The zero-order valence-corrected chi connectivity index (χ0v) is 18.7.